The molecule has 0 aromatic heterocycles. The highest BCUT2D eigenvalue weighted by molar-refractivity contribution is 5.98. The number of carbonyl (C=O) groups is 2. The van der Waals surface area contributed by atoms with Gasteiger partial charge in [-0.3, -0.25) is 14.5 Å². The average molecular weight is 349 g/mol. The first-order valence-corrected chi connectivity index (χ1v) is 8.65. The fourth-order valence-electron chi connectivity index (χ4n) is 3.31. The molecule has 3 rings (SSSR count). The van der Waals surface area contributed by atoms with E-state index < -0.39 is 0 Å². The van der Waals surface area contributed by atoms with Gasteiger partial charge in [0.2, 0.25) is 11.8 Å². The molecule has 25 heavy (non-hydrogen) atoms. The number of rotatable bonds is 5. The third kappa shape index (κ3) is 4.35. The molecule has 2 saturated heterocycles. The van der Waals surface area contributed by atoms with Gasteiger partial charge in [0.05, 0.1) is 19.1 Å². The van der Waals surface area contributed by atoms with E-state index in [1.165, 1.54) is 17.0 Å². The van der Waals surface area contributed by atoms with Crippen molar-refractivity contribution in [1.82, 2.24) is 9.80 Å². The zero-order valence-electron chi connectivity index (χ0n) is 14.5. The summed E-state index contributed by atoms with van der Waals surface area (Å²) in [5.41, 5.74) is 0.630. The van der Waals surface area contributed by atoms with Crippen molar-refractivity contribution in [2.45, 2.75) is 6.42 Å². The third-order valence-corrected chi connectivity index (χ3v) is 4.90. The SMILES string of the molecule is CN(C(=O)C1CC(=O)N(CCN2CCOCC2)C1)c1ccc(F)cc1. The zero-order valence-corrected chi connectivity index (χ0v) is 14.5. The Labute approximate surface area is 147 Å². The highest BCUT2D eigenvalue weighted by atomic mass is 19.1. The number of morpholine rings is 1. The smallest absolute Gasteiger partial charge is 0.232 e. The van der Waals surface area contributed by atoms with Crippen molar-refractivity contribution in [3.05, 3.63) is 30.1 Å². The number of carbonyl (C=O) groups excluding carboxylic acids is 2. The van der Waals surface area contributed by atoms with E-state index >= 15 is 0 Å². The molecule has 1 atom stereocenters. The monoisotopic (exact) mass is 349 g/mol. The summed E-state index contributed by atoms with van der Waals surface area (Å²) in [7, 11) is 1.66. The standard InChI is InChI=1S/C18H24FN3O3/c1-20(16-4-2-15(19)3-5-16)18(24)14-12-17(23)22(13-14)7-6-21-8-10-25-11-9-21/h2-5,14H,6-13H2,1H3. The van der Waals surface area contributed by atoms with Crippen LogP contribution in [0.5, 0.6) is 0 Å². The van der Waals surface area contributed by atoms with Gasteiger partial charge in [0, 0.05) is 51.9 Å². The molecule has 6 nitrogen and oxygen atoms in total. The van der Waals surface area contributed by atoms with Crippen molar-refractivity contribution in [3.63, 3.8) is 0 Å². The van der Waals surface area contributed by atoms with E-state index in [0.717, 1.165) is 32.8 Å². The zero-order chi connectivity index (χ0) is 17.8. The Bertz CT molecular complexity index is 616. The maximum Gasteiger partial charge on any atom is 0.232 e. The summed E-state index contributed by atoms with van der Waals surface area (Å²) >= 11 is 0. The number of likely N-dealkylation sites (tertiary alicyclic amines) is 1. The first kappa shape index (κ1) is 17.8. The van der Waals surface area contributed by atoms with Crippen LogP contribution in [-0.2, 0) is 14.3 Å². The van der Waals surface area contributed by atoms with E-state index in [1.807, 2.05) is 0 Å². The normalized spacial score (nSPS) is 21.6. The van der Waals surface area contributed by atoms with Gasteiger partial charge in [-0.15, -0.1) is 0 Å². The van der Waals surface area contributed by atoms with Gasteiger partial charge in [-0.2, -0.15) is 0 Å². The second-order valence-corrected chi connectivity index (χ2v) is 6.57. The molecule has 0 spiro atoms. The van der Waals surface area contributed by atoms with Gasteiger partial charge in [0.25, 0.3) is 0 Å². The minimum Gasteiger partial charge on any atom is -0.379 e. The van der Waals surface area contributed by atoms with Crippen LogP contribution >= 0.6 is 0 Å². The van der Waals surface area contributed by atoms with Crippen LogP contribution in [0.3, 0.4) is 0 Å². The molecule has 2 amide bonds. The Morgan fingerprint density at radius 1 is 1.24 bits per heavy atom. The van der Waals surface area contributed by atoms with Gasteiger partial charge < -0.3 is 14.5 Å². The lowest BCUT2D eigenvalue weighted by Crippen LogP contribution is -2.42. The predicted molar refractivity (Wildman–Crippen MR) is 91.8 cm³/mol. The molecule has 0 saturated carbocycles. The van der Waals surface area contributed by atoms with Crippen molar-refractivity contribution in [1.29, 1.82) is 0 Å². The minimum absolute atomic E-state index is 0.0270. The van der Waals surface area contributed by atoms with E-state index in [9.17, 15) is 14.0 Å². The van der Waals surface area contributed by atoms with E-state index in [-0.39, 0.29) is 30.0 Å². The first-order valence-electron chi connectivity index (χ1n) is 8.65. The second-order valence-electron chi connectivity index (χ2n) is 6.57. The molecule has 0 bridgehead atoms. The van der Waals surface area contributed by atoms with Crippen LogP contribution in [0.2, 0.25) is 0 Å². The van der Waals surface area contributed by atoms with Crippen LogP contribution < -0.4 is 4.90 Å². The summed E-state index contributed by atoms with van der Waals surface area (Å²) < 4.78 is 18.3. The number of hydrogen-bond acceptors (Lipinski definition) is 4. The molecule has 136 valence electrons. The lowest BCUT2D eigenvalue weighted by atomic mass is 10.1. The molecule has 1 unspecified atom stereocenters. The van der Waals surface area contributed by atoms with E-state index in [4.69, 9.17) is 4.74 Å². The molecule has 0 aliphatic carbocycles. The molecule has 1 aromatic rings. The molecule has 0 radical (unpaired) electrons. The summed E-state index contributed by atoms with van der Waals surface area (Å²) in [6.07, 6.45) is 0.244. The number of halogens is 1. The van der Waals surface area contributed by atoms with Crippen molar-refractivity contribution in [2.75, 3.05) is 57.9 Å². The fourth-order valence-corrected chi connectivity index (χ4v) is 3.31. The Balaban J connectivity index is 1.53. The number of amides is 2. The van der Waals surface area contributed by atoms with Gasteiger partial charge >= 0.3 is 0 Å². The van der Waals surface area contributed by atoms with Crippen LogP contribution in [0.15, 0.2) is 24.3 Å². The lowest BCUT2D eigenvalue weighted by Gasteiger charge is -2.28. The largest absolute Gasteiger partial charge is 0.379 e. The van der Waals surface area contributed by atoms with Crippen LogP contribution in [0.25, 0.3) is 0 Å². The number of anilines is 1. The second kappa shape index (κ2) is 7.93. The number of ether oxygens (including phenoxy) is 1. The molecule has 2 aliphatic rings. The highest BCUT2D eigenvalue weighted by Gasteiger charge is 2.36. The van der Waals surface area contributed by atoms with Gasteiger partial charge in [-0.1, -0.05) is 0 Å². The number of nitrogens with zero attached hydrogens (tertiary/aromatic N) is 3. The molecule has 2 heterocycles. The van der Waals surface area contributed by atoms with Crippen molar-refractivity contribution in [2.24, 2.45) is 5.92 Å². The van der Waals surface area contributed by atoms with Crippen LogP contribution in [0.4, 0.5) is 10.1 Å². The fraction of sp³-hybridized carbons (Fsp3) is 0.556. The van der Waals surface area contributed by atoms with Crippen LogP contribution in [0, 0.1) is 11.7 Å². The average Bonchev–Trinajstić information content (AvgIpc) is 3.01. The molecule has 2 fully saturated rings. The molecule has 1 aromatic carbocycles. The minimum atomic E-state index is -0.341. The van der Waals surface area contributed by atoms with E-state index in [1.54, 1.807) is 24.1 Å². The van der Waals surface area contributed by atoms with Crippen LogP contribution in [-0.4, -0.2) is 74.6 Å². The topological polar surface area (TPSA) is 53.1 Å². The molecule has 7 heteroatoms. The Morgan fingerprint density at radius 2 is 1.92 bits per heavy atom. The first-order chi connectivity index (χ1) is 12.0. The summed E-state index contributed by atoms with van der Waals surface area (Å²) in [5, 5.41) is 0. The van der Waals surface area contributed by atoms with E-state index in [2.05, 4.69) is 4.90 Å². The molecular weight excluding hydrogens is 325 g/mol. The van der Waals surface area contributed by atoms with Gasteiger partial charge in [0.15, 0.2) is 0 Å². The predicted octanol–water partition coefficient (Wildman–Crippen LogP) is 0.969. The Kier molecular flexibility index (Phi) is 5.65. The molecular formula is C18H24FN3O3. The summed E-state index contributed by atoms with van der Waals surface area (Å²) in [4.78, 5) is 30.4. The van der Waals surface area contributed by atoms with Crippen LogP contribution in [0.1, 0.15) is 6.42 Å². The maximum atomic E-state index is 13.0. The quantitative estimate of drug-likeness (QED) is 0.795. The number of hydrogen-bond donors (Lipinski definition) is 0. The summed E-state index contributed by atoms with van der Waals surface area (Å²) in [6.45, 7) is 5.14. The Hall–Kier alpha value is -1.99. The number of benzene rings is 1. The lowest BCUT2D eigenvalue weighted by molar-refractivity contribution is -0.128. The Morgan fingerprint density at radius 3 is 2.60 bits per heavy atom. The highest BCUT2D eigenvalue weighted by Crippen LogP contribution is 2.23. The third-order valence-electron chi connectivity index (χ3n) is 4.90. The van der Waals surface area contributed by atoms with E-state index in [0.29, 0.717) is 18.8 Å². The van der Waals surface area contributed by atoms with Crippen molar-refractivity contribution < 1.29 is 18.7 Å². The van der Waals surface area contributed by atoms with Crippen molar-refractivity contribution >= 4 is 17.5 Å². The summed E-state index contributed by atoms with van der Waals surface area (Å²) in [5.74, 6) is -0.755. The van der Waals surface area contributed by atoms with Gasteiger partial charge in [0.1, 0.15) is 5.82 Å². The maximum absolute atomic E-state index is 13.0. The molecule has 2 aliphatic heterocycles. The van der Waals surface area contributed by atoms with Gasteiger partial charge in [-0.25, -0.2) is 4.39 Å². The molecule has 0 N–H and O–H groups in total. The van der Waals surface area contributed by atoms with Crippen molar-refractivity contribution in [3.8, 4) is 0 Å². The summed E-state index contributed by atoms with van der Waals surface area (Å²) in [6, 6.07) is 5.79. The van der Waals surface area contributed by atoms with Gasteiger partial charge in [-0.05, 0) is 24.3 Å².